The highest BCUT2D eigenvalue weighted by Gasteiger charge is 2.26. The fraction of sp³-hybridized carbons (Fsp3) is 0.538. The van der Waals surface area contributed by atoms with Crippen LogP contribution in [0, 0.1) is 0 Å². The fourth-order valence-electron chi connectivity index (χ4n) is 2.04. The highest BCUT2D eigenvalue weighted by molar-refractivity contribution is 6.30. The monoisotopic (exact) mass is 283 g/mol. The summed E-state index contributed by atoms with van der Waals surface area (Å²) in [5.74, 6) is 0.450. The van der Waals surface area contributed by atoms with Crippen LogP contribution in [0.5, 0.6) is 0 Å². The van der Waals surface area contributed by atoms with Crippen molar-refractivity contribution in [1.29, 1.82) is 0 Å². The first-order valence-electron chi connectivity index (χ1n) is 6.34. The lowest BCUT2D eigenvalue weighted by molar-refractivity contribution is -0.123. The van der Waals surface area contributed by atoms with E-state index >= 15 is 0 Å². The van der Waals surface area contributed by atoms with Crippen molar-refractivity contribution < 1.29 is 9.53 Å². The van der Waals surface area contributed by atoms with Crippen molar-refractivity contribution in [2.45, 2.75) is 26.0 Å². The van der Waals surface area contributed by atoms with Crippen LogP contribution in [0.25, 0.3) is 0 Å². The van der Waals surface area contributed by atoms with Gasteiger partial charge in [0.15, 0.2) is 0 Å². The number of nitrogens with zero attached hydrogens (tertiary/aromatic N) is 2. The Hall–Kier alpha value is -1.17. The predicted molar refractivity (Wildman–Crippen MR) is 74.3 cm³/mol. The fourth-order valence-corrected chi connectivity index (χ4v) is 2.16. The van der Waals surface area contributed by atoms with Crippen molar-refractivity contribution in [3.8, 4) is 0 Å². The summed E-state index contributed by atoms with van der Waals surface area (Å²) in [6, 6.07) is 3.18. The molecule has 0 saturated carbocycles. The zero-order chi connectivity index (χ0) is 13.8. The molecule has 1 aromatic heterocycles. The summed E-state index contributed by atoms with van der Waals surface area (Å²) in [5.41, 5.74) is 0. The van der Waals surface area contributed by atoms with Crippen LogP contribution in [0.2, 0.25) is 5.02 Å². The second kappa shape index (κ2) is 6.32. The van der Waals surface area contributed by atoms with E-state index in [0.717, 1.165) is 13.1 Å². The number of halogens is 1. The Morgan fingerprint density at radius 3 is 3.05 bits per heavy atom. The SMILES string of the molecule is C[C@H](C(=O)Nc1ccc(Cl)cn1)N1CCO[C@@H](C)C1. The lowest BCUT2D eigenvalue weighted by Gasteiger charge is -2.34. The minimum Gasteiger partial charge on any atom is -0.376 e. The smallest absolute Gasteiger partial charge is 0.242 e. The molecule has 2 atom stereocenters. The molecule has 0 bridgehead atoms. The Morgan fingerprint density at radius 2 is 2.42 bits per heavy atom. The first kappa shape index (κ1) is 14.2. The third-order valence-corrected chi connectivity index (χ3v) is 3.40. The zero-order valence-corrected chi connectivity index (χ0v) is 11.9. The molecule has 0 aromatic carbocycles. The van der Waals surface area contributed by atoms with Crippen LogP contribution in [0.4, 0.5) is 5.82 Å². The van der Waals surface area contributed by atoms with Crippen LogP contribution < -0.4 is 5.32 Å². The second-order valence-electron chi connectivity index (χ2n) is 4.70. The summed E-state index contributed by atoms with van der Waals surface area (Å²) < 4.78 is 5.47. The van der Waals surface area contributed by atoms with Crippen LogP contribution in [0.1, 0.15) is 13.8 Å². The summed E-state index contributed by atoms with van der Waals surface area (Å²) in [7, 11) is 0. The molecule has 0 aliphatic carbocycles. The van der Waals surface area contributed by atoms with Crippen molar-refractivity contribution in [3.63, 3.8) is 0 Å². The van der Waals surface area contributed by atoms with Crippen molar-refractivity contribution in [3.05, 3.63) is 23.4 Å². The highest BCUT2D eigenvalue weighted by atomic mass is 35.5. The Kier molecular flexibility index (Phi) is 4.74. The number of pyridine rings is 1. The Morgan fingerprint density at radius 1 is 1.63 bits per heavy atom. The topological polar surface area (TPSA) is 54.5 Å². The summed E-state index contributed by atoms with van der Waals surface area (Å²) in [6.07, 6.45) is 1.68. The van der Waals surface area contributed by atoms with Gasteiger partial charge in [0, 0.05) is 19.3 Å². The molecule has 19 heavy (non-hydrogen) atoms. The number of morpholine rings is 1. The molecule has 0 spiro atoms. The predicted octanol–water partition coefficient (Wildman–Crippen LogP) is 1.78. The maximum absolute atomic E-state index is 12.1. The minimum absolute atomic E-state index is 0.0658. The number of carbonyl (C=O) groups is 1. The van der Waals surface area contributed by atoms with Gasteiger partial charge in [-0.3, -0.25) is 9.69 Å². The van der Waals surface area contributed by atoms with Crippen LogP contribution in [0.3, 0.4) is 0 Å². The van der Waals surface area contributed by atoms with Gasteiger partial charge in [-0.2, -0.15) is 0 Å². The normalized spacial score (nSPS) is 21.9. The first-order valence-corrected chi connectivity index (χ1v) is 6.72. The lowest BCUT2D eigenvalue weighted by Crippen LogP contribution is -2.50. The quantitative estimate of drug-likeness (QED) is 0.919. The van der Waals surface area contributed by atoms with Crippen molar-refractivity contribution in [1.82, 2.24) is 9.88 Å². The Balaban J connectivity index is 1.93. The number of ether oxygens (including phenoxy) is 1. The molecule has 2 rings (SSSR count). The molecule has 104 valence electrons. The average Bonchev–Trinajstić information content (AvgIpc) is 2.40. The van der Waals surface area contributed by atoms with E-state index in [4.69, 9.17) is 16.3 Å². The Bertz CT molecular complexity index is 438. The number of anilines is 1. The third-order valence-electron chi connectivity index (χ3n) is 3.18. The number of rotatable bonds is 3. The minimum atomic E-state index is -0.205. The summed E-state index contributed by atoms with van der Waals surface area (Å²) in [6.45, 7) is 6.11. The van der Waals surface area contributed by atoms with E-state index in [1.165, 1.54) is 6.20 Å². The summed E-state index contributed by atoms with van der Waals surface area (Å²) >= 11 is 5.75. The number of hydrogen-bond acceptors (Lipinski definition) is 4. The van der Waals surface area contributed by atoms with Crippen molar-refractivity contribution in [2.75, 3.05) is 25.0 Å². The molecule has 1 saturated heterocycles. The van der Waals surface area contributed by atoms with E-state index in [0.29, 0.717) is 17.4 Å². The molecule has 1 aliphatic heterocycles. The van der Waals surface area contributed by atoms with Gasteiger partial charge < -0.3 is 10.1 Å². The largest absolute Gasteiger partial charge is 0.376 e. The van der Waals surface area contributed by atoms with Gasteiger partial charge in [0.05, 0.1) is 23.8 Å². The second-order valence-corrected chi connectivity index (χ2v) is 5.14. The van der Waals surface area contributed by atoms with Crippen LogP contribution in [-0.2, 0) is 9.53 Å². The molecule has 1 aromatic rings. The van der Waals surface area contributed by atoms with Gasteiger partial charge in [0.25, 0.3) is 0 Å². The molecule has 0 unspecified atom stereocenters. The van der Waals surface area contributed by atoms with Gasteiger partial charge >= 0.3 is 0 Å². The van der Waals surface area contributed by atoms with Crippen molar-refractivity contribution in [2.24, 2.45) is 0 Å². The third kappa shape index (κ3) is 3.89. The zero-order valence-electron chi connectivity index (χ0n) is 11.1. The number of nitrogens with one attached hydrogen (secondary N) is 1. The Labute approximate surface area is 117 Å². The number of aromatic nitrogens is 1. The molecule has 5 nitrogen and oxygen atoms in total. The maximum Gasteiger partial charge on any atom is 0.242 e. The first-order chi connectivity index (χ1) is 9.06. The summed E-state index contributed by atoms with van der Waals surface area (Å²) in [4.78, 5) is 18.3. The van der Waals surface area contributed by atoms with E-state index < -0.39 is 0 Å². The molecular formula is C13H18ClN3O2. The van der Waals surface area contributed by atoms with Crippen molar-refractivity contribution >= 4 is 23.3 Å². The highest BCUT2D eigenvalue weighted by Crippen LogP contribution is 2.12. The maximum atomic E-state index is 12.1. The van der Waals surface area contributed by atoms with Crippen LogP contribution in [-0.4, -0.2) is 47.6 Å². The van der Waals surface area contributed by atoms with Gasteiger partial charge in [0.2, 0.25) is 5.91 Å². The van der Waals surface area contributed by atoms with Gasteiger partial charge in [0.1, 0.15) is 5.82 Å². The molecule has 1 N–H and O–H groups in total. The van der Waals surface area contributed by atoms with E-state index in [1.807, 2.05) is 13.8 Å². The number of amides is 1. The van der Waals surface area contributed by atoms with E-state index in [1.54, 1.807) is 12.1 Å². The average molecular weight is 284 g/mol. The molecule has 0 radical (unpaired) electrons. The van der Waals surface area contributed by atoms with Gasteiger partial charge in [-0.25, -0.2) is 4.98 Å². The molecule has 1 amide bonds. The molecule has 6 heteroatoms. The molecule has 1 aliphatic rings. The van der Waals surface area contributed by atoms with Crippen LogP contribution in [0.15, 0.2) is 18.3 Å². The van der Waals surface area contributed by atoms with Gasteiger partial charge in [-0.05, 0) is 26.0 Å². The van der Waals surface area contributed by atoms with Gasteiger partial charge in [-0.15, -0.1) is 0 Å². The van der Waals surface area contributed by atoms with Gasteiger partial charge in [-0.1, -0.05) is 11.6 Å². The van der Waals surface area contributed by atoms with Crippen LogP contribution >= 0.6 is 11.6 Å². The number of carbonyl (C=O) groups excluding carboxylic acids is 1. The molecular weight excluding hydrogens is 266 g/mol. The summed E-state index contributed by atoms with van der Waals surface area (Å²) in [5, 5.41) is 3.34. The molecule has 2 heterocycles. The van der Waals surface area contributed by atoms with E-state index in [2.05, 4.69) is 15.2 Å². The standard InChI is InChI=1S/C13H18ClN3O2/c1-9-8-17(5-6-19-9)10(2)13(18)16-12-4-3-11(14)7-15-12/h3-4,7,9-10H,5-6,8H2,1-2H3,(H,15,16,18)/t9-,10+/m0/s1. The van der Waals surface area contributed by atoms with E-state index in [9.17, 15) is 4.79 Å². The lowest BCUT2D eigenvalue weighted by atomic mass is 10.2. The van der Waals surface area contributed by atoms with E-state index in [-0.39, 0.29) is 18.1 Å². The number of hydrogen-bond donors (Lipinski definition) is 1. The molecule has 1 fully saturated rings.